The van der Waals surface area contributed by atoms with E-state index >= 15 is 0 Å². The Balaban J connectivity index is 2.12. The number of likely N-dealkylation sites (tertiary alicyclic amines) is 1. The van der Waals surface area contributed by atoms with Gasteiger partial charge in [-0.2, -0.15) is 0 Å². The van der Waals surface area contributed by atoms with Crippen LogP contribution in [0.1, 0.15) is 13.8 Å². The predicted molar refractivity (Wildman–Crippen MR) is 37.0 cm³/mol. The monoisotopic (exact) mass is 128 g/mol. The van der Waals surface area contributed by atoms with Crippen LogP contribution in [0, 0.1) is 6.10 Å². The molecular formula is C7H14NO. The van der Waals surface area contributed by atoms with E-state index in [0.717, 1.165) is 13.1 Å². The molecule has 2 nitrogen and oxygen atoms in total. The van der Waals surface area contributed by atoms with Crippen LogP contribution in [-0.2, 0) is 4.74 Å². The van der Waals surface area contributed by atoms with E-state index in [-0.39, 0.29) is 0 Å². The van der Waals surface area contributed by atoms with Crippen molar-refractivity contribution < 1.29 is 4.74 Å². The van der Waals surface area contributed by atoms with Gasteiger partial charge in [-0.3, -0.25) is 4.90 Å². The molecule has 0 N–H and O–H groups in total. The maximum Gasteiger partial charge on any atom is 0.124 e. The van der Waals surface area contributed by atoms with Crippen molar-refractivity contribution in [1.29, 1.82) is 0 Å². The SMILES string of the molecule is CO[C]1CN(C(C)C)C1. The molecular weight excluding hydrogens is 114 g/mol. The molecule has 0 bridgehead atoms. The molecule has 1 aliphatic heterocycles. The normalized spacial score (nSPS) is 22.7. The topological polar surface area (TPSA) is 12.5 Å². The molecule has 53 valence electrons. The second-order valence-electron chi connectivity index (χ2n) is 2.74. The van der Waals surface area contributed by atoms with Gasteiger partial charge in [0.25, 0.3) is 0 Å². The lowest BCUT2D eigenvalue weighted by molar-refractivity contribution is 0.0360. The van der Waals surface area contributed by atoms with E-state index in [0.29, 0.717) is 6.04 Å². The van der Waals surface area contributed by atoms with Crippen molar-refractivity contribution in [1.82, 2.24) is 4.90 Å². The Hall–Kier alpha value is -0.0800. The van der Waals surface area contributed by atoms with E-state index in [4.69, 9.17) is 4.74 Å². The average molecular weight is 128 g/mol. The molecule has 2 heteroatoms. The first kappa shape index (κ1) is 7.03. The van der Waals surface area contributed by atoms with Crippen molar-refractivity contribution in [3.63, 3.8) is 0 Å². The maximum absolute atomic E-state index is 5.04. The lowest BCUT2D eigenvalue weighted by atomic mass is 10.1. The van der Waals surface area contributed by atoms with Crippen LogP contribution in [0.15, 0.2) is 0 Å². The van der Waals surface area contributed by atoms with Gasteiger partial charge in [0.1, 0.15) is 6.10 Å². The van der Waals surface area contributed by atoms with E-state index in [9.17, 15) is 0 Å². The highest BCUT2D eigenvalue weighted by Gasteiger charge is 2.28. The van der Waals surface area contributed by atoms with Crippen molar-refractivity contribution in [2.75, 3.05) is 20.2 Å². The number of nitrogens with zero attached hydrogens (tertiary/aromatic N) is 1. The Kier molecular flexibility index (Phi) is 2.09. The number of hydrogen-bond donors (Lipinski definition) is 0. The summed E-state index contributed by atoms with van der Waals surface area (Å²) in [5.41, 5.74) is 0. The molecule has 0 saturated carbocycles. The van der Waals surface area contributed by atoms with Crippen LogP contribution in [0.4, 0.5) is 0 Å². The fourth-order valence-electron chi connectivity index (χ4n) is 0.901. The summed E-state index contributed by atoms with van der Waals surface area (Å²) in [6.45, 7) is 6.47. The zero-order valence-electron chi connectivity index (χ0n) is 6.35. The second-order valence-corrected chi connectivity index (χ2v) is 2.74. The third kappa shape index (κ3) is 1.43. The van der Waals surface area contributed by atoms with E-state index in [2.05, 4.69) is 18.7 Å². The summed E-state index contributed by atoms with van der Waals surface area (Å²) in [6, 6.07) is 0.670. The van der Waals surface area contributed by atoms with Gasteiger partial charge in [-0.1, -0.05) is 0 Å². The molecule has 1 radical (unpaired) electrons. The van der Waals surface area contributed by atoms with E-state index in [1.165, 1.54) is 6.10 Å². The van der Waals surface area contributed by atoms with Gasteiger partial charge in [0, 0.05) is 26.2 Å². The fraction of sp³-hybridized carbons (Fsp3) is 0.857. The van der Waals surface area contributed by atoms with Gasteiger partial charge < -0.3 is 4.74 Å². The summed E-state index contributed by atoms with van der Waals surface area (Å²) in [7, 11) is 1.74. The first-order valence-corrected chi connectivity index (χ1v) is 3.36. The highest BCUT2D eigenvalue weighted by molar-refractivity contribution is 4.97. The Morgan fingerprint density at radius 2 is 2.00 bits per heavy atom. The maximum atomic E-state index is 5.04. The largest absolute Gasteiger partial charge is 0.372 e. The quantitative estimate of drug-likeness (QED) is 0.547. The smallest absolute Gasteiger partial charge is 0.124 e. The molecule has 0 aliphatic carbocycles. The summed E-state index contributed by atoms with van der Waals surface area (Å²) in [6.07, 6.45) is 1.21. The first-order valence-electron chi connectivity index (χ1n) is 3.36. The zero-order chi connectivity index (χ0) is 6.85. The van der Waals surface area contributed by atoms with Crippen LogP contribution in [0.25, 0.3) is 0 Å². The third-order valence-electron chi connectivity index (χ3n) is 1.78. The van der Waals surface area contributed by atoms with E-state index < -0.39 is 0 Å². The van der Waals surface area contributed by atoms with Gasteiger partial charge in [0.15, 0.2) is 0 Å². The van der Waals surface area contributed by atoms with Gasteiger partial charge in [-0.05, 0) is 13.8 Å². The van der Waals surface area contributed by atoms with E-state index in [1.54, 1.807) is 7.11 Å². The van der Waals surface area contributed by atoms with Crippen LogP contribution in [0.5, 0.6) is 0 Å². The van der Waals surface area contributed by atoms with Crippen LogP contribution in [0.2, 0.25) is 0 Å². The van der Waals surface area contributed by atoms with Gasteiger partial charge in [-0.25, -0.2) is 0 Å². The standard InChI is InChI=1S/C7H14NO/c1-6(2)8-4-7(5-8)9-3/h6H,4-5H2,1-3H3. The van der Waals surface area contributed by atoms with Crippen molar-refractivity contribution >= 4 is 0 Å². The third-order valence-corrected chi connectivity index (χ3v) is 1.78. The minimum atomic E-state index is 0.670. The predicted octanol–water partition coefficient (Wildman–Crippen LogP) is 0.889. The minimum absolute atomic E-state index is 0.670. The summed E-state index contributed by atoms with van der Waals surface area (Å²) < 4.78 is 5.04. The summed E-state index contributed by atoms with van der Waals surface area (Å²) in [4.78, 5) is 2.36. The molecule has 0 aromatic carbocycles. The van der Waals surface area contributed by atoms with Crippen LogP contribution >= 0.6 is 0 Å². The van der Waals surface area contributed by atoms with Crippen LogP contribution in [0.3, 0.4) is 0 Å². The molecule has 1 heterocycles. The molecule has 0 amide bonds. The highest BCUT2D eigenvalue weighted by atomic mass is 16.5. The van der Waals surface area contributed by atoms with Crippen LogP contribution < -0.4 is 0 Å². The number of ether oxygens (including phenoxy) is 1. The molecule has 1 saturated heterocycles. The molecule has 0 unspecified atom stereocenters. The number of rotatable bonds is 2. The second kappa shape index (κ2) is 2.67. The molecule has 0 spiro atoms. The summed E-state index contributed by atoms with van der Waals surface area (Å²) >= 11 is 0. The van der Waals surface area contributed by atoms with Crippen molar-refractivity contribution in [2.24, 2.45) is 0 Å². The molecule has 1 aliphatic rings. The van der Waals surface area contributed by atoms with Gasteiger partial charge in [0.05, 0.1) is 0 Å². The highest BCUT2D eigenvalue weighted by Crippen LogP contribution is 2.19. The van der Waals surface area contributed by atoms with Gasteiger partial charge >= 0.3 is 0 Å². The van der Waals surface area contributed by atoms with Crippen molar-refractivity contribution in [3.05, 3.63) is 6.10 Å². The lowest BCUT2D eigenvalue weighted by Crippen LogP contribution is -2.49. The minimum Gasteiger partial charge on any atom is -0.372 e. The van der Waals surface area contributed by atoms with Gasteiger partial charge in [0.2, 0.25) is 0 Å². The summed E-state index contributed by atoms with van der Waals surface area (Å²) in [5.74, 6) is 0. The number of methoxy groups -OCH3 is 1. The Morgan fingerprint density at radius 1 is 1.44 bits per heavy atom. The Labute approximate surface area is 56.8 Å². The molecule has 0 aromatic rings. The zero-order valence-corrected chi connectivity index (χ0v) is 6.35. The molecule has 1 fully saturated rings. The van der Waals surface area contributed by atoms with Crippen LogP contribution in [-0.4, -0.2) is 31.1 Å². The van der Waals surface area contributed by atoms with E-state index in [1.807, 2.05) is 0 Å². The lowest BCUT2D eigenvalue weighted by Gasteiger charge is -2.39. The summed E-state index contributed by atoms with van der Waals surface area (Å²) in [5, 5.41) is 0. The molecule has 0 atom stereocenters. The fourth-order valence-corrected chi connectivity index (χ4v) is 0.901. The van der Waals surface area contributed by atoms with Crippen molar-refractivity contribution in [3.8, 4) is 0 Å². The van der Waals surface area contributed by atoms with Gasteiger partial charge in [-0.15, -0.1) is 0 Å². The molecule has 1 rings (SSSR count). The molecule has 0 aromatic heterocycles. The Bertz CT molecular complexity index is 86.9. The average Bonchev–Trinajstić information content (AvgIpc) is 1.61. The van der Waals surface area contributed by atoms with Crippen molar-refractivity contribution in [2.45, 2.75) is 19.9 Å². The molecule has 9 heavy (non-hydrogen) atoms. The first-order chi connectivity index (χ1) is 4.24. The Morgan fingerprint density at radius 3 is 2.33 bits per heavy atom. The number of hydrogen-bond acceptors (Lipinski definition) is 2.